The molecule has 0 radical (unpaired) electrons. The van der Waals surface area contributed by atoms with E-state index in [-0.39, 0.29) is 0 Å². The topological polar surface area (TPSA) is 50.7 Å². The summed E-state index contributed by atoms with van der Waals surface area (Å²) < 4.78 is 11.2. The van der Waals surface area contributed by atoms with E-state index in [0.29, 0.717) is 30.1 Å². The van der Waals surface area contributed by atoms with Crippen molar-refractivity contribution in [2.45, 2.75) is 84.5 Å². The van der Waals surface area contributed by atoms with Crippen LogP contribution in [0.4, 0.5) is 11.5 Å². The predicted octanol–water partition coefficient (Wildman–Crippen LogP) is 4.87. The highest BCUT2D eigenvalue weighted by molar-refractivity contribution is 5.61. The van der Waals surface area contributed by atoms with Gasteiger partial charge in [-0.25, -0.2) is 0 Å². The second-order valence-corrected chi connectivity index (χ2v) is 9.77. The lowest BCUT2D eigenvalue weighted by Crippen LogP contribution is -2.50. The number of rotatable bonds is 5. The Hall–Kier alpha value is -2.34. The van der Waals surface area contributed by atoms with E-state index in [4.69, 9.17) is 19.4 Å². The number of nitrogens with zero attached hydrogens (tertiary/aromatic N) is 4. The molecule has 32 heavy (non-hydrogen) atoms. The first-order valence-corrected chi connectivity index (χ1v) is 11.9. The van der Waals surface area contributed by atoms with E-state index >= 15 is 0 Å². The normalized spacial score (nSPS) is 23.4. The number of anilines is 2. The molecule has 3 heterocycles. The van der Waals surface area contributed by atoms with Crippen molar-refractivity contribution in [2.24, 2.45) is 0 Å². The van der Waals surface area contributed by atoms with Crippen LogP contribution in [0.3, 0.4) is 0 Å². The number of ether oxygens (including phenoxy) is 2. The summed E-state index contributed by atoms with van der Waals surface area (Å²) in [5.74, 6) is 1.54. The van der Waals surface area contributed by atoms with E-state index in [1.165, 1.54) is 22.4 Å². The molecule has 0 aliphatic carbocycles. The Bertz CT molecular complexity index is 949. The minimum atomic E-state index is 0.300. The predicted molar refractivity (Wildman–Crippen MR) is 130 cm³/mol. The molecule has 2 aliphatic heterocycles. The molecule has 2 aromatic rings. The lowest BCUT2D eigenvalue weighted by atomic mass is 9.93. The van der Waals surface area contributed by atoms with Crippen LogP contribution in [0.5, 0.6) is 6.01 Å². The molecule has 2 unspecified atom stereocenters. The lowest BCUT2D eigenvalue weighted by molar-refractivity contribution is 0.0611. The molecule has 0 amide bonds. The fourth-order valence-corrected chi connectivity index (χ4v) is 5.34. The first kappa shape index (κ1) is 22.8. The number of aromatic nitrogens is 2. The van der Waals surface area contributed by atoms with Gasteiger partial charge >= 0.3 is 6.01 Å². The Morgan fingerprint density at radius 1 is 1.06 bits per heavy atom. The summed E-state index contributed by atoms with van der Waals surface area (Å²) in [4.78, 5) is 14.6. The first-order valence-electron chi connectivity index (χ1n) is 11.9. The summed E-state index contributed by atoms with van der Waals surface area (Å²) >= 11 is 0. The van der Waals surface area contributed by atoms with Crippen molar-refractivity contribution in [1.29, 1.82) is 0 Å². The van der Waals surface area contributed by atoms with E-state index in [1.807, 2.05) is 7.11 Å². The standard InChI is InChI=1S/C26H38N4O2/c1-16(2)20-9-8-17(3)24(14-20)29-11-10-23-22(15-29)25(28-26(27-23)32-7)30-18(4)12-21(31-6)13-19(30)5/h8-9,14,16,18-19,21H,10-13,15H2,1-7H3. The third-order valence-electron chi connectivity index (χ3n) is 7.18. The molecule has 0 N–H and O–H groups in total. The molecule has 2 atom stereocenters. The van der Waals surface area contributed by atoms with E-state index in [9.17, 15) is 0 Å². The van der Waals surface area contributed by atoms with Crippen LogP contribution in [0.1, 0.15) is 68.8 Å². The van der Waals surface area contributed by atoms with Gasteiger partial charge in [0.1, 0.15) is 5.82 Å². The van der Waals surface area contributed by atoms with Gasteiger partial charge in [-0.15, -0.1) is 0 Å². The fraction of sp³-hybridized carbons (Fsp3) is 0.615. The summed E-state index contributed by atoms with van der Waals surface area (Å²) in [6, 6.07) is 8.03. The summed E-state index contributed by atoms with van der Waals surface area (Å²) in [7, 11) is 3.48. The maximum atomic E-state index is 5.70. The van der Waals surface area contributed by atoms with E-state index in [2.05, 4.69) is 62.6 Å². The average Bonchev–Trinajstić information content (AvgIpc) is 2.78. The van der Waals surface area contributed by atoms with Gasteiger partial charge in [0.25, 0.3) is 0 Å². The van der Waals surface area contributed by atoms with Gasteiger partial charge in [0.2, 0.25) is 0 Å². The van der Waals surface area contributed by atoms with E-state index in [1.54, 1.807) is 7.11 Å². The van der Waals surface area contributed by atoms with Crippen LogP contribution < -0.4 is 14.5 Å². The number of methoxy groups -OCH3 is 2. The highest BCUT2D eigenvalue weighted by Gasteiger charge is 2.35. The zero-order valence-electron chi connectivity index (χ0n) is 20.7. The largest absolute Gasteiger partial charge is 0.467 e. The third-order valence-corrected chi connectivity index (χ3v) is 7.18. The molecular formula is C26H38N4O2. The van der Waals surface area contributed by atoms with Crippen LogP contribution in [0.15, 0.2) is 18.2 Å². The summed E-state index contributed by atoms with van der Waals surface area (Å²) in [5.41, 5.74) is 6.38. The molecular weight excluding hydrogens is 400 g/mol. The molecule has 1 saturated heterocycles. The molecule has 6 heteroatoms. The zero-order valence-corrected chi connectivity index (χ0v) is 20.7. The molecule has 6 nitrogen and oxygen atoms in total. The molecule has 174 valence electrons. The van der Waals surface area contributed by atoms with Gasteiger partial charge in [-0.3, -0.25) is 0 Å². The smallest absolute Gasteiger partial charge is 0.318 e. The Labute approximate surface area is 193 Å². The molecule has 2 aliphatic rings. The van der Waals surface area contributed by atoms with Crippen molar-refractivity contribution in [1.82, 2.24) is 9.97 Å². The first-order chi connectivity index (χ1) is 15.3. The minimum absolute atomic E-state index is 0.300. The number of benzene rings is 1. The molecule has 1 aromatic heterocycles. The molecule has 0 saturated carbocycles. The highest BCUT2D eigenvalue weighted by Crippen LogP contribution is 2.37. The van der Waals surface area contributed by atoms with Crippen LogP contribution in [-0.2, 0) is 17.7 Å². The molecule has 0 spiro atoms. The van der Waals surface area contributed by atoms with E-state index < -0.39 is 0 Å². The van der Waals surface area contributed by atoms with Gasteiger partial charge in [0, 0.05) is 50.0 Å². The Balaban J connectivity index is 1.73. The van der Waals surface area contributed by atoms with Crippen molar-refractivity contribution in [3.63, 3.8) is 0 Å². The summed E-state index contributed by atoms with van der Waals surface area (Å²) in [6.45, 7) is 13.0. The third kappa shape index (κ3) is 4.29. The number of piperidine rings is 1. The van der Waals surface area contributed by atoms with Crippen LogP contribution in [0.2, 0.25) is 0 Å². The zero-order chi connectivity index (χ0) is 23.0. The maximum Gasteiger partial charge on any atom is 0.318 e. The van der Waals surface area contributed by atoms with Gasteiger partial charge < -0.3 is 19.3 Å². The second-order valence-electron chi connectivity index (χ2n) is 9.77. The highest BCUT2D eigenvalue weighted by atomic mass is 16.5. The number of hydrogen-bond donors (Lipinski definition) is 0. The van der Waals surface area contributed by atoms with Gasteiger partial charge in [0.15, 0.2) is 0 Å². The fourth-order valence-electron chi connectivity index (χ4n) is 5.34. The van der Waals surface area contributed by atoms with Crippen LogP contribution in [-0.4, -0.2) is 48.9 Å². The Morgan fingerprint density at radius 2 is 1.78 bits per heavy atom. The van der Waals surface area contributed by atoms with Crippen molar-refractivity contribution >= 4 is 11.5 Å². The van der Waals surface area contributed by atoms with Crippen molar-refractivity contribution in [3.8, 4) is 6.01 Å². The lowest BCUT2D eigenvalue weighted by Gasteiger charge is -2.44. The quantitative estimate of drug-likeness (QED) is 0.664. The number of hydrogen-bond acceptors (Lipinski definition) is 6. The summed E-state index contributed by atoms with van der Waals surface area (Å²) in [5, 5.41) is 0. The van der Waals surface area contributed by atoms with Crippen molar-refractivity contribution < 1.29 is 9.47 Å². The maximum absolute atomic E-state index is 5.70. The Kier molecular flexibility index (Phi) is 6.61. The van der Waals surface area contributed by atoms with Crippen LogP contribution >= 0.6 is 0 Å². The van der Waals surface area contributed by atoms with Gasteiger partial charge in [-0.2, -0.15) is 9.97 Å². The van der Waals surface area contributed by atoms with Gasteiger partial charge in [0.05, 0.1) is 18.9 Å². The van der Waals surface area contributed by atoms with Crippen LogP contribution in [0.25, 0.3) is 0 Å². The SMILES string of the molecule is COc1nc2c(c(N3C(C)CC(OC)CC3C)n1)CN(c1cc(C(C)C)ccc1C)CC2. The van der Waals surface area contributed by atoms with E-state index in [0.717, 1.165) is 43.9 Å². The van der Waals surface area contributed by atoms with Gasteiger partial charge in [-0.05, 0) is 56.7 Å². The van der Waals surface area contributed by atoms with Crippen molar-refractivity contribution in [3.05, 3.63) is 40.6 Å². The average molecular weight is 439 g/mol. The molecule has 4 rings (SSSR count). The Morgan fingerprint density at radius 3 is 2.41 bits per heavy atom. The number of fused-ring (bicyclic) bond motifs is 1. The van der Waals surface area contributed by atoms with Crippen LogP contribution in [0, 0.1) is 6.92 Å². The minimum Gasteiger partial charge on any atom is -0.467 e. The molecule has 0 bridgehead atoms. The monoisotopic (exact) mass is 438 g/mol. The number of aryl methyl sites for hydroxylation is 1. The summed E-state index contributed by atoms with van der Waals surface area (Å²) in [6.07, 6.45) is 3.19. The molecule has 1 fully saturated rings. The van der Waals surface area contributed by atoms with Gasteiger partial charge in [-0.1, -0.05) is 26.0 Å². The molecule has 1 aromatic carbocycles. The second kappa shape index (κ2) is 9.26. The van der Waals surface area contributed by atoms with Crippen molar-refractivity contribution in [2.75, 3.05) is 30.6 Å².